The van der Waals surface area contributed by atoms with Crippen molar-refractivity contribution in [3.05, 3.63) is 35.9 Å². The van der Waals surface area contributed by atoms with Gasteiger partial charge in [0.15, 0.2) is 0 Å². The molecular formula is C15H20N2O3. The van der Waals surface area contributed by atoms with Crippen molar-refractivity contribution in [3.8, 4) is 0 Å². The summed E-state index contributed by atoms with van der Waals surface area (Å²) >= 11 is 0. The highest BCUT2D eigenvalue weighted by atomic mass is 16.3. The first kappa shape index (κ1) is 14.5. The molecule has 1 aromatic carbocycles. The SMILES string of the molecule is O=C(NCCO)C(c1ccccc1)N1CCCCC1=O. The Balaban J connectivity index is 2.23. The average molecular weight is 276 g/mol. The summed E-state index contributed by atoms with van der Waals surface area (Å²) in [6, 6.07) is 8.70. The standard InChI is InChI=1S/C15H20N2O3/c18-11-9-16-15(20)14(12-6-2-1-3-7-12)17-10-5-4-8-13(17)19/h1-3,6-7,14,18H,4-5,8-11H2,(H,16,20). The average Bonchev–Trinajstić information content (AvgIpc) is 2.48. The Kier molecular flexibility index (Phi) is 5.12. The molecule has 20 heavy (non-hydrogen) atoms. The maximum absolute atomic E-state index is 12.3. The van der Waals surface area contributed by atoms with Crippen LogP contribution in [0.3, 0.4) is 0 Å². The fraction of sp³-hybridized carbons (Fsp3) is 0.467. The minimum atomic E-state index is -0.601. The van der Waals surface area contributed by atoms with Gasteiger partial charge in [-0.25, -0.2) is 0 Å². The lowest BCUT2D eigenvalue weighted by molar-refractivity contribution is -0.142. The predicted octanol–water partition coefficient (Wildman–Crippen LogP) is 0.849. The van der Waals surface area contributed by atoms with E-state index >= 15 is 0 Å². The normalized spacial score (nSPS) is 16.9. The second kappa shape index (κ2) is 7.05. The van der Waals surface area contributed by atoms with Crippen LogP contribution in [0.1, 0.15) is 30.9 Å². The van der Waals surface area contributed by atoms with Gasteiger partial charge in [-0.2, -0.15) is 0 Å². The van der Waals surface area contributed by atoms with Crippen LogP contribution in [0.4, 0.5) is 0 Å². The summed E-state index contributed by atoms with van der Waals surface area (Å²) in [4.78, 5) is 26.1. The van der Waals surface area contributed by atoms with Crippen LogP contribution in [-0.2, 0) is 9.59 Å². The maximum Gasteiger partial charge on any atom is 0.247 e. The largest absolute Gasteiger partial charge is 0.395 e. The molecule has 0 bridgehead atoms. The van der Waals surface area contributed by atoms with Gasteiger partial charge in [-0.3, -0.25) is 9.59 Å². The van der Waals surface area contributed by atoms with E-state index in [0.717, 1.165) is 18.4 Å². The molecule has 2 amide bonds. The van der Waals surface area contributed by atoms with Crippen LogP contribution >= 0.6 is 0 Å². The van der Waals surface area contributed by atoms with Gasteiger partial charge < -0.3 is 15.3 Å². The first-order chi connectivity index (χ1) is 9.74. The molecule has 0 aromatic heterocycles. The lowest BCUT2D eigenvalue weighted by atomic mass is 10.0. The van der Waals surface area contributed by atoms with Crippen molar-refractivity contribution in [1.82, 2.24) is 10.2 Å². The molecule has 1 fully saturated rings. The number of carbonyl (C=O) groups is 2. The van der Waals surface area contributed by atoms with E-state index in [1.165, 1.54) is 0 Å². The van der Waals surface area contributed by atoms with Gasteiger partial charge in [-0.1, -0.05) is 30.3 Å². The van der Waals surface area contributed by atoms with Gasteiger partial charge in [0.2, 0.25) is 11.8 Å². The lowest BCUT2D eigenvalue weighted by Gasteiger charge is -2.34. The van der Waals surface area contributed by atoms with E-state index in [-0.39, 0.29) is 25.0 Å². The van der Waals surface area contributed by atoms with Gasteiger partial charge in [0.05, 0.1) is 6.61 Å². The van der Waals surface area contributed by atoms with E-state index < -0.39 is 6.04 Å². The van der Waals surface area contributed by atoms with Crippen LogP contribution in [0.2, 0.25) is 0 Å². The zero-order valence-corrected chi connectivity index (χ0v) is 11.4. The monoisotopic (exact) mass is 276 g/mol. The fourth-order valence-corrected chi connectivity index (χ4v) is 2.48. The summed E-state index contributed by atoms with van der Waals surface area (Å²) in [5.41, 5.74) is 0.804. The highest BCUT2D eigenvalue weighted by Gasteiger charge is 2.32. The Hall–Kier alpha value is -1.88. The number of hydrogen-bond donors (Lipinski definition) is 2. The quantitative estimate of drug-likeness (QED) is 0.837. The molecule has 1 heterocycles. The van der Waals surface area contributed by atoms with Crippen LogP contribution < -0.4 is 5.32 Å². The molecule has 1 aromatic rings. The molecule has 0 aliphatic carbocycles. The molecule has 5 nitrogen and oxygen atoms in total. The van der Waals surface area contributed by atoms with E-state index in [9.17, 15) is 9.59 Å². The van der Waals surface area contributed by atoms with Crippen molar-refractivity contribution in [2.24, 2.45) is 0 Å². The number of benzene rings is 1. The number of piperidine rings is 1. The van der Waals surface area contributed by atoms with Crippen LogP contribution in [0, 0.1) is 0 Å². The molecule has 2 N–H and O–H groups in total. The van der Waals surface area contributed by atoms with E-state index in [2.05, 4.69) is 5.32 Å². The molecule has 1 aliphatic rings. The topological polar surface area (TPSA) is 69.6 Å². The Bertz CT molecular complexity index is 461. The van der Waals surface area contributed by atoms with Crippen molar-refractivity contribution in [2.45, 2.75) is 25.3 Å². The second-order valence-corrected chi connectivity index (χ2v) is 4.87. The van der Waals surface area contributed by atoms with Crippen LogP contribution in [0.15, 0.2) is 30.3 Å². The van der Waals surface area contributed by atoms with Gasteiger partial charge in [-0.15, -0.1) is 0 Å². The zero-order chi connectivity index (χ0) is 14.4. The van der Waals surface area contributed by atoms with Gasteiger partial charge in [-0.05, 0) is 18.4 Å². The Morgan fingerprint density at radius 2 is 2.05 bits per heavy atom. The number of carbonyl (C=O) groups excluding carboxylic acids is 2. The second-order valence-electron chi connectivity index (χ2n) is 4.87. The minimum Gasteiger partial charge on any atom is -0.395 e. The minimum absolute atomic E-state index is 0.0178. The molecule has 0 radical (unpaired) electrons. The van der Waals surface area contributed by atoms with Crippen LogP contribution in [0.25, 0.3) is 0 Å². The number of hydrogen-bond acceptors (Lipinski definition) is 3. The highest BCUT2D eigenvalue weighted by molar-refractivity contribution is 5.89. The first-order valence-electron chi connectivity index (χ1n) is 6.97. The van der Waals surface area contributed by atoms with E-state index in [1.807, 2.05) is 30.3 Å². The summed E-state index contributed by atoms with van der Waals surface area (Å²) in [6.07, 6.45) is 2.30. The summed E-state index contributed by atoms with van der Waals surface area (Å²) in [5, 5.41) is 11.5. The van der Waals surface area contributed by atoms with Crippen molar-refractivity contribution in [1.29, 1.82) is 0 Å². The molecule has 1 aliphatic heterocycles. The van der Waals surface area contributed by atoms with Gasteiger partial charge in [0, 0.05) is 19.5 Å². The summed E-state index contributed by atoms with van der Waals surface area (Å²) in [5.74, 6) is -0.218. The van der Waals surface area contributed by atoms with E-state index in [1.54, 1.807) is 4.90 Å². The van der Waals surface area contributed by atoms with Crippen molar-refractivity contribution >= 4 is 11.8 Å². The molecule has 0 spiro atoms. The fourth-order valence-electron chi connectivity index (χ4n) is 2.48. The summed E-state index contributed by atoms with van der Waals surface area (Å²) in [6.45, 7) is 0.691. The third-order valence-corrected chi connectivity index (χ3v) is 3.45. The summed E-state index contributed by atoms with van der Waals surface area (Å²) < 4.78 is 0. The number of nitrogens with one attached hydrogen (secondary N) is 1. The third-order valence-electron chi connectivity index (χ3n) is 3.45. The molecule has 1 atom stereocenters. The van der Waals surface area contributed by atoms with Crippen molar-refractivity contribution in [2.75, 3.05) is 19.7 Å². The Labute approximate surface area is 118 Å². The number of rotatable bonds is 5. The third kappa shape index (κ3) is 3.36. The van der Waals surface area contributed by atoms with E-state index in [0.29, 0.717) is 13.0 Å². The van der Waals surface area contributed by atoms with Gasteiger partial charge >= 0.3 is 0 Å². The van der Waals surface area contributed by atoms with E-state index in [4.69, 9.17) is 5.11 Å². The van der Waals surface area contributed by atoms with Crippen molar-refractivity contribution in [3.63, 3.8) is 0 Å². The van der Waals surface area contributed by atoms with Gasteiger partial charge in [0.1, 0.15) is 6.04 Å². The number of amides is 2. The number of nitrogens with zero attached hydrogens (tertiary/aromatic N) is 1. The van der Waals surface area contributed by atoms with Crippen molar-refractivity contribution < 1.29 is 14.7 Å². The molecule has 2 rings (SSSR count). The molecule has 1 unspecified atom stereocenters. The summed E-state index contributed by atoms with van der Waals surface area (Å²) in [7, 11) is 0. The number of aliphatic hydroxyl groups excluding tert-OH is 1. The van der Waals surface area contributed by atoms with Crippen LogP contribution in [-0.4, -0.2) is 41.5 Å². The van der Waals surface area contributed by atoms with Crippen LogP contribution in [0.5, 0.6) is 0 Å². The highest BCUT2D eigenvalue weighted by Crippen LogP contribution is 2.25. The number of likely N-dealkylation sites (tertiary alicyclic amines) is 1. The molecular weight excluding hydrogens is 256 g/mol. The maximum atomic E-state index is 12.3. The molecule has 1 saturated heterocycles. The Morgan fingerprint density at radius 3 is 2.70 bits per heavy atom. The molecule has 108 valence electrons. The van der Waals surface area contributed by atoms with Gasteiger partial charge in [0.25, 0.3) is 0 Å². The Morgan fingerprint density at radius 1 is 1.30 bits per heavy atom. The molecule has 5 heteroatoms. The zero-order valence-electron chi connectivity index (χ0n) is 11.4. The molecule has 0 saturated carbocycles. The predicted molar refractivity (Wildman–Crippen MR) is 74.8 cm³/mol. The first-order valence-corrected chi connectivity index (χ1v) is 6.97. The number of aliphatic hydroxyl groups is 1. The smallest absolute Gasteiger partial charge is 0.247 e. The lowest BCUT2D eigenvalue weighted by Crippen LogP contribution is -2.46.